The fourth-order valence-electron chi connectivity index (χ4n) is 4.50. The zero-order chi connectivity index (χ0) is 20.8. The standard InChI is InChI=1S/C23H26FN3O2/c1-23(2,3)29-22(28)26-15-7-4-6-13(10-15)19-17(24)11-14(12-25)21-20(19)16-8-5-9-18(16)27-21/h6,11,15,27H,4-5,7-10H2,1-3H3,(H,26,28)/t15-/m0/s1. The summed E-state index contributed by atoms with van der Waals surface area (Å²) < 4.78 is 20.6. The molecule has 0 fully saturated rings. The maximum Gasteiger partial charge on any atom is 0.407 e. The lowest BCUT2D eigenvalue weighted by Crippen LogP contribution is -2.39. The van der Waals surface area contributed by atoms with Crippen LogP contribution in [0.1, 0.15) is 68.8 Å². The number of aromatic nitrogens is 1. The summed E-state index contributed by atoms with van der Waals surface area (Å²) in [6, 6.07) is 3.34. The number of amides is 1. The third kappa shape index (κ3) is 3.74. The van der Waals surface area contributed by atoms with Crippen molar-refractivity contribution in [2.45, 2.75) is 70.9 Å². The Balaban J connectivity index is 1.68. The van der Waals surface area contributed by atoms with Gasteiger partial charge in [0, 0.05) is 22.7 Å². The summed E-state index contributed by atoms with van der Waals surface area (Å²) in [5, 5.41) is 13.2. The van der Waals surface area contributed by atoms with Gasteiger partial charge in [0.15, 0.2) is 0 Å². The minimum atomic E-state index is -0.561. The number of benzene rings is 1. The molecule has 2 aliphatic rings. The summed E-state index contributed by atoms with van der Waals surface area (Å²) >= 11 is 0. The first-order chi connectivity index (χ1) is 13.8. The van der Waals surface area contributed by atoms with E-state index >= 15 is 4.39 Å². The second kappa shape index (κ2) is 7.22. The molecule has 0 aliphatic heterocycles. The first kappa shape index (κ1) is 19.5. The Morgan fingerprint density at radius 2 is 2.17 bits per heavy atom. The average Bonchev–Trinajstić information content (AvgIpc) is 3.21. The zero-order valence-electron chi connectivity index (χ0n) is 17.1. The van der Waals surface area contributed by atoms with Gasteiger partial charge in [-0.25, -0.2) is 9.18 Å². The number of nitrogens with one attached hydrogen (secondary N) is 2. The molecule has 152 valence electrons. The quantitative estimate of drug-likeness (QED) is 0.740. The van der Waals surface area contributed by atoms with Crippen molar-refractivity contribution in [3.05, 3.63) is 40.3 Å². The van der Waals surface area contributed by atoms with E-state index < -0.39 is 11.7 Å². The fraction of sp³-hybridized carbons (Fsp3) is 0.478. The molecule has 1 aromatic carbocycles. The van der Waals surface area contributed by atoms with Crippen LogP contribution >= 0.6 is 0 Å². The van der Waals surface area contributed by atoms with Crippen molar-refractivity contribution in [1.29, 1.82) is 5.26 Å². The molecule has 29 heavy (non-hydrogen) atoms. The van der Waals surface area contributed by atoms with Crippen molar-refractivity contribution in [3.63, 3.8) is 0 Å². The Hall–Kier alpha value is -2.81. The second-order valence-corrected chi connectivity index (χ2v) is 8.93. The van der Waals surface area contributed by atoms with E-state index in [9.17, 15) is 10.1 Å². The third-order valence-corrected chi connectivity index (χ3v) is 5.61. The number of alkyl carbamates (subject to hydrolysis) is 1. The number of ether oxygens (including phenoxy) is 1. The fourth-order valence-corrected chi connectivity index (χ4v) is 4.50. The van der Waals surface area contributed by atoms with Crippen LogP contribution in [0.15, 0.2) is 12.1 Å². The zero-order valence-corrected chi connectivity index (χ0v) is 17.1. The molecule has 0 saturated carbocycles. The number of hydrogen-bond donors (Lipinski definition) is 2. The summed E-state index contributed by atoms with van der Waals surface area (Å²) in [5.74, 6) is -0.369. The van der Waals surface area contributed by atoms with Gasteiger partial charge in [0.25, 0.3) is 0 Å². The van der Waals surface area contributed by atoms with Crippen LogP contribution in [0.4, 0.5) is 9.18 Å². The van der Waals surface area contributed by atoms with Gasteiger partial charge < -0.3 is 15.0 Å². The normalized spacial score (nSPS) is 18.9. The highest BCUT2D eigenvalue weighted by molar-refractivity contribution is 5.99. The molecule has 1 aromatic heterocycles. The number of H-pyrrole nitrogens is 1. The summed E-state index contributed by atoms with van der Waals surface area (Å²) in [7, 11) is 0. The van der Waals surface area contributed by atoms with E-state index in [-0.39, 0.29) is 11.9 Å². The molecule has 1 amide bonds. The van der Waals surface area contributed by atoms with Crippen molar-refractivity contribution in [2.24, 2.45) is 0 Å². The molecule has 2 aromatic rings. The van der Waals surface area contributed by atoms with Crippen molar-refractivity contribution < 1.29 is 13.9 Å². The van der Waals surface area contributed by atoms with E-state index in [2.05, 4.69) is 22.4 Å². The van der Waals surface area contributed by atoms with Crippen LogP contribution in [-0.4, -0.2) is 22.7 Å². The lowest BCUT2D eigenvalue weighted by Gasteiger charge is -2.27. The van der Waals surface area contributed by atoms with Crippen LogP contribution in [0, 0.1) is 17.1 Å². The molecule has 2 N–H and O–H groups in total. The van der Waals surface area contributed by atoms with Gasteiger partial charge in [0.05, 0.1) is 11.1 Å². The molecule has 5 nitrogen and oxygen atoms in total. The molecule has 1 heterocycles. The van der Waals surface area contributed by atoms with E-state index in [4.69, 9.17) is 4.74 Å². The molecule has 0 spiro atoms. The van der Waals surface area contributed by atoms with Crippen LogP contribution in [0.3, 0.4) is 0 Å². The summed E-state index contributed by atoms with van der Waals surface area (Å²) in [6.45, 7) is 5.48. The molecule has 0 radical (unpaired) electrons. The topological polar surface area (TPSA) is 77.9 Å². The number of carbonyl (C=O) groups is 1. The average molecular weight is 395 g/mol. The van der Waals surface area contributed by atoms with Crippen LogP contribution in [0.5, 0.6) is 0 Å². The number of halogens is 1. The van der Waals surface area contributed by atoms with Crippen LogP contribution < -0.4 is 5.32 Å². The van der Waals surface area contributed by atoms with Gasteiger partial charge in [-0.05, 0) is 76.5 Å². The molecule has 0 unspecified atom stereocenters. The number of fused-ring (bicyclic) bond motifs is 3. The predicted octanol–water partition coefficient (Wildman–Crippen LogP) is 5.13. The number of nitrogens with zero attached hydrogens (tertiary/aromatic N) is 1. The maximum atomic E-state index is 15.2. The molecular formula is C23H26FN3O2. The molecular weight excluding hydrogens is 369 g/mol. The first-order valence-corrected chi connectivity index (χ1v) is 10.2. The van der Waals surface area contributed by atoms with Gasteiger partial charge >= 0.3 is 6.09 Å². The Labute approximate surface area is 169 Å². The van der Waals surface area contributed by atoms with Gasteiger partial charge in [-0.2, -0.15) is 5.26 Å². The number of nitriles is 1. The van der Waals surface area contributed by atoms with Crippen LogP contribution in [-0.2, 0) is 17.6 Å². The van der Waals surface area contributed by atoms with Gasteiger partial charge in [-0.3, -0.25) is 0 Å². The minimum absolute atomic E-state index is 0.109. The van der Waals surface area contributed by atoms with E-state index in [1.54, 1.807) is 0 Å². The Morgan fingerprint density at radius 1 is 1.38 bits per heavy atom. The lowest BCUT2D eigenvalue weighted by atomic mass is 9.86. The van der Waals surface area contributed by atoms with Gasteiger partial charge in [-0.15, -0.1) is 0 Å². The number of aryl methyl sites for hydroxylation is 2. The van der Waals surface area contributed by atoms with Gasteiger partial charge in [0.1, 0.15) is 17.5 Å². The van der Waals surface area contributed by atoms with Crippen molar-refractivity contribution >= 4 is 22.6 Å². The van der Waals surface area contributed by atoms with E-state index in [0.29, 0.717) is 17.5 Å². The molecule has 2 aliphatic carbocycles. The molecule has 0 saturated heterocycles. The van der Waals surface area contributed by atoms with Gasteiger partial charge in [-0.1, -0.05) is 6.08 Å². The molecule has 4 rings (SSSR count). The predicted molar refractivity (Wildman–Crippen MR) is 110 cm³/mol. The van der Waals surface area contributed by atoms with Crippen LogP contribution in [0.25, 0.3) is 16.5 Å². The lowest BCUT2D eigenvalue weighted by molar-refractivity contribution is 0.0502. The van der Waals surface area contributed by atoms with E-state index in [1.165, 1.54) is 6.07 Å². The minimum Gasteiger partial charge on any atom is -0.444 e. The molecule has 6 heteroatoms. The summed E-state index contributed by atoms with van der Waals surface area (Å²) in [6.07, 6.45) is 6.55. The highest BCUT2D eigenvalue weighted by Gasteiger charge is 2.28. The monoisotopic (exact) mass is 395 g/mol. The second-order valence-electron chi connectivity index (χ2n) is 8.93. The summed E-state index contributed by atoms with van der Waals surface area (Å²) in [5.41, 5.74) is 4.23. The highest BCUT2D eigenvalue weighted by Crippen LogP contribution is 2.40. The Morgan fingerprint density at radius 3 is 2.90 bits per heavy atom. The van der Waals surface area contributed by atoms with Crippen molar-refractivity contribution in [2.75, 3.05) is 0 Å². The van der Waals surface area contributed by atoms with E-state index in [1.807, 2.05) is 20.8 Å². The van der Waals surface area contributed by atoms with Crippen molar-refractivity contribution in [1.82, 2.24) is 10.3 Å². The van der Waals surface area contributed by atoms with Crippen LogP contribution in [0.2, 0.25) is 0 Å². The number of hydrogen-bond acceptors (Lipinski definition) is 3. The number of rotatable bonds is 2. The molecule has 0 bridgehead atoms. The van der Waals surface area contributed by atoms with Crippen molar-refractivity contribution in [3.8, 4) is 6.07 Å². The Bertz CT molecular complexity index is 1050. The number of carbonyl (C=O) groups excluding carboxylic acids is 1. The maximum absolute atomic E-state index is 15.2. The number of aromatic amines is 1. The molecule has 1 atom stereocenters. The first-order valence-electron chi connectivity index (χ1n) is 10.2. The Kier molecular flexibility index (Phi) is 4.85. The SMILES string of the molecule is CC(C)(C)OC(=O)N[C@H]1CCC=C(c2c(F)cc(C#N)c3[nH]c4c(c23)CCC4)C1. The van der Waals surface area contributed by atoms with E-state index in [0.717, 1.165) is 59.8 Å². The highest BCUT2D eigenvalue weighted by atomic mass is 19.1. The number of allylic oxidation sites excluding steroid dienone is 1. The summed E-state index contributed by atoms with van der Waals surface area (Å²) in [4.78, 5) is 15.5. The third-order valence-electron chi connectivity index (χ3n) is 5.61. The largest absolute Gasteiger partial charge is 0.444 e. The van der Waals surface area contributed by atoms with Gasteiger partial charge in [0.2, 0.25) is 0 Å². The smallest absolute Gasteiger partial charge is 0.407 e.